The number of carbonyl (C=O) groups excluding carboxylic acids is 3. The van der Waals surface area contributed by atoms with E-state index in [0.717, 1.165) is 0 Å². The lowest BCUT2D eigenvalue weighted by atomic mass is 9.42. The van der Waals surface area contributed by atoms with E-state index in [1.165, 1.54) is 13.8 Å². The van der Waals surface area contributed by atoms with Crippen molar-refractivity contribution in [1.29, 1.82) is 0 Å². The van der Waals surface area contributed by atoms with Gasteiger partial charge in [0.2, 0.25) is 0 Å². The summed E-state index contributed by atoms with van der Waals surface area (Å²) in [5.74, 6) is -3.56. The van der Waals surface area contributed by atoms with Crippen molar-refractivity contribution >= 4 is 23.3 Å². The van der Waals surface area contributed by atoms with E-state index in [1.807, 2.05) is 27.7 Å². The molecule has 0 saturated heterocycles. The molecule has 0 amide bonds. The summed E-state index contributed by atoms with van der Waals surface area (Å²) in [6.07, 6.45) is -0.727. The third-order valence-electron chi connectivity index (χ3n) is 11.6. The number of aliphatic hydroxyl groups is 3. The van der Waals surface area contributed by atoms with Crippen molar-refractivity contribution in [3.8, 4) is 0 Å². The summed E-state index contributed by atoms with van der Waals surface area (Å²) in [5, 5.41) is 43.2. The highest BCUT2D eigenvalue weighted by atomic mass is 16.4. The standard InChI is InChI=1S/C30H44O8/c1-15(25(36)37)10-16(31)13-29(6,38)20-12-22(35)30(7)24-17(32)11-19-26(2,3)21(34)8-9-27(19,4)23(24)18(33)14-28(20,30)5/h15,17,19-21,32,34,38H,8-14H2,1-7H3,(H,36,37)/t15-,17+,19+,20+,21+,27+,28-,29+,30+/m1/s1. The fourth-order valence-corrected chi connectivity index (χ4v) is 9.16. The minimum Gasteiger partial charge on any atom is -0.481 e. The molecule has 0 unspecified atom stereocenters. The van der Waals surface area contributed by atoms with Crippen LogP contribution in [0.3, 0.4) is 0 Å². The van der Waals surface area contributed by atoms with Gasteiger partial charge in [-0.3, -0.25) is 19.2 Å². The molecule has 0 aliphatic heterocycles. The van der Waals surface area contributed by atoms with Crippen molar-refractivity contribution < 1.29 is 39.6 Å². The van der Waals surface area contributed by atoms with Gasteiger partial charge in [0.25, 0.3) is 0 Å². The highest BCUT2D eigenvalue weighted by Crippen LogP contribution is 2.71. The number of Topliss-reactive ketones (excluding diaryl/α,β-unsaturated/α-hetero) is 3. The molecule has 4 N–H and O–H groups in total. The summed E-state index contributed by atoms with van der Waals surface area (Å²) in [6.45, 7) is 12.5. The zero-order valence-electron chi connectivity index (χ0n) is 23.8. The van der Waals surface area contributed by atoms with Gasteiger partial charge in [-0.05, 0) is 60.8 Å². The molecule has 0 aromatic carbocycles. The van der Waals surface area contributed by atoms with E-state index in [1.54, 1.807) is 6.92 Å². The molecule has 4 aliphatic rings. The van der Waals surface area contributed by atoms with Crippen LogP contribution in [-0.4, -0.2) is 61.6 Å². The largest absolute Gasteiger partial charge is 0.481 e. The van der Waals surface area contributed by atoms with Gasteiger partial charge in [-0.2, -0.15) is 0 Å². The molecular weight excluding hydrogens is 488 g/mol. The molecule has 4 aliphatic carbocycles. The second-order valence-corrected chi connectivity index (χ2v) is 14.2. The molecule has 8 heteroatoms. The van der Waals surface area contributed by atoms with Crippen molar-refractivity contribution in [3.05, 3.63) is 11.1 Å². The fraction of sp³-hybridized carbons (Fsp3) is 0.800. The lowest BCUT2D eigenvalue weighted by Crippen LogP contribution is -2.61. The van der Waals surface area contributed by atoms with Crippen LogP contribution in [0.1, 0.15) is 93.4 Å². The topological polar surface area (TPSA) is 149 Å². The predicted octanol–water partition coefficient (Wildman–Crippen LogP) is 3.25. The van der Waals surface area contributed by atoms with Crippen LogP contribution in [0.4, 0.5) is 0 Å². The predicted molar refractivity (Wildman–Crippen MR) is 139 cm³/mol. The molecule has 2 fully saturated rings. The Labute approximate surface area is 224 Å². The van der Waals surface area contributed by atoms with Gasteiger partial charge in [-0.15, -0.1) is 0 Å². The van der Waals surface area contributed by atoms with E-state index in [9.17, 15) is 39.6 Å². The van der Waals surface area contributed by atoms with Gasteiger partial charge in [-0.1, -0.05) is 34.6 Å². The number of carbonyl (C=O) groups is 4. The second-order valence-electron chi connectivity index (χ2n) is 14.2. The summed E-state index contributed by atoms with van der Waals surface area (Å²) in [6, 6.07) is 0. The fourth-order valence-electron chi connectivity index (χ4n) is 9.16. The Balaban J connectivity index is 1.78. The summed E-state index contributed by atoms with van der Waals surface area (Å²) in [5.41, 5.74) is -3.99. The van der Waals surface area contributed by atoms with Crippen LogP contribution in [0.25, 0.3) is 0 Å². The number of hydrogen-bond acceptors (Lipinski definition) is 7. The van der Waals surface area contributed by atoms with Crippen molar-refractivity contribution in [3.63, 3.8) is 0 Å². The van der Waals surface area contributed by atoms with E-state index in [0.29, 0.717) is 30.4 Å². The minimum absolute atomic E-state index is 0.00657. The van der Waals surface area contributed by atoms with Crippen LogP contribution in [0.2, 0.25) is 0 Å². The van der Waals surface area contributed by atoms with Crippen molar-refractivity contribution in [2.24, 2.45) is 39.4 Å². The molecule has 4 rings (SSSR count). The Bertz CT molecular complexity index is 1120. The van der Waals surface area contributed by atoms with Gasteiger partial charge >= 0.3 is 5.97 Å². The normalized spacial score (nSPS) is 42.6. The van der Waals surface area contributed by atoms with Crippen molar-refractivity contribution in [2.45, 2.75) is 111 Å². The molecule has 0 aromatic heterocycles. The van der Waals surface area contributed by atoms with Gasteiger partial charge in [0.1, 0.15) is 11.6 Å². The number of rotatable bonds is 6. The molecule has 0 spiro atoms. The second kappa shape index (κ2) is 8.80. The van der Waals surface area contributed by atoms with E-state index in [-0.39, 0.29) is 43.2 Å². The minimum atomic E-state index is -1.64. The molecule has 0 aromatic rings. The Kier molecular flexibility index (Phi) is 6.74. The monoisotopic (exact) mass is 532 g/mol. The Morgan fingerprint density at radius 2 is 1.71 bits per heavy atom. The average Bonchev–Trinajstić information content (AvgIpc) is 2.99. The van der Waals surface area contributed by atoms with Gasteiger partial charge in [0.05, 0.1) is 29.1 Å². The van der Waals surface area contributed by atoms with Gasteiger partial charge in [-0.25, -0.2) is 0 Å². The van der Waals surface area contributed by atoms with E-state index in [2.05, 4.69) is 0 Å². The quantitative estimate of drug-likeness (QED) is 0.407. The highest BCUT2D eigenvalue weighted by molar-refractivity contribution is 6.05. The SMILES string of the molecule is C[C@H](CC(=O)C[C@](C)(O)[C@H]1CC(=O)[C@@]2(C)C3=C(C(=O)C[C@]12C)[C@@]1(C)CC[C@H](O)C(C)(C)[C@@H]1C[C@@H]3O)C(=O)O. The number of hydrogen-bond donors (Lipinski definition) is 4. The van der Waals surface area contributed by atoms with Crippen LogP contribution in [0, 0.1) is 39.4 Å². The van der Waals surface area contributed by atoms with E-state index < -0.39 is 63.1 Å². The molecule has 9 atom stereocenters. The van der Waals surface area contributed by atoms with E-state index >= 15 is 0 Å². The van der Waals surface area contributed by atoms with Gasteiger partial charge < -0.3 is 20.4 Å². The first-order chi connectivity index (χ1) is 17.2. The maximum atomic E-state index is 14.1. The maximum Gasteiger partial charge on any atom is 0.306 e. The lowest BCUT2D eigenvalue weighted by molar-refractivity contribution is -0.148. The Morgan fingerprint density at radius 3 is 2.29 bits per heavy atom. The first-order valence-corrected chi connectivity index (χ1v) is 13.9. The Morgan fingerprint density at radius 1 is 1.11 bits per heavy atom. The van der Waals surface area contributed by atoms with E-state index in [4.69, 9.17) is 0 Å². The number of carboxylic acid groups (broad SMARTS) is 1. The molecule has 0 heterocycles. The molecule has 212 valence electrons. The molecule has 8 nitrogen and oxygen atoms in total. The summed E-state index contributed by atoms with van der Waals surface area (Å²) < 4.78 is 0. The Hall–Kier alpha value is -1.90. The highest BCUT2D eigenvalue weighted by Gasteiger charge is 2.71. The van der Waals surface area contributed by atoms with Crippen molar-refractivity contribution in [1.82, 2.24) is 0 Å². The summed E-state index contributed by atoms with van der Waals surface area (Å²) >= 11 is 0. The number of ketones is 3. The van der Waals surface area contributed by atoms with Crippen molar-refractivity contribution in [2.75, 3.05) is 0 Å². The van der Waals surface area contributed by atoms with Crippen LogP contribution >= 0.6 is 0 Å². The first-order valence-electron chi connectivity index (χ1n) is 13.9. The number of fused-ring (bicyclic) bond motifs is 4. The van der Waals surface area contributed by atoms with Crippen LogP contribution < -0.4 is 0 Å². The maximum absolute atomic E-state index is 14.1. The molecule has 38 heavy (non-hydrogen) atoms. The molecular formula is C30H44O8. The average molecular weight is 533 g/mol. The van der Waals surface area contributed by atoms with Crippen LogP contribution in [-0.2, 0) is 19.2 Å². The van der Waals surface area contributed by atoms with Crippen LogP contribution in [0.5, 0.6) is 0 Å². The molecule has 0 radical (unpaired) electrons. The molecule has 0 bridgehead atoms. The smallest absolute Gasteiger partial charge is 0.306 e. The first kappa shape index (κ1) is 29.1. The number of aliphatic carboxylic acids is 1. The number of allylic oxidation sites excluding steroid dienone is 1. The number of aliphatic hydroxyl groups excluding tert-OH is 2. The number of carboxylic acids is 1. The lowest BCUT2D eigenvalue weighted by Gasteiger charge is -2.62. The summed E-state index contributed by atoms with van der Waals surface area (Å²) in [4.78, 5) is 52.0. The third-order valence-corrected chi connectivity index (χ3v) is 11.6. The van der Waals surface area contributed by atoms with Gasteiger partial charge in [0, 0.05) is 37.2 Å². The summed E-state index contributed by atoms with van der Waals surface area (Å²) in [7, 11) is 0. The van der Waals surface area contributed by atoms with Crippen LogP contribution in [0.15, 0.2) is 11.1 Å². The zero-order valence-corrected chi connectivity index (χ0v) is 23.8. The van der Waals surface area contributed by atoms with Gasteiger partial charge in [0.15, 0.2) is 5.78 Å². The molecule has 2 saturated carbocycles. The zero-order chi connectivity index (χ0) is 28.8. The third kappa shape index (κ3) is 3.80.